The van der Waals surface area contributed by atoms with Gasteiger partial charge in [-0.1, -0.05) is 28.9 Å². The van der Waals surface area contributed by atoms with E-state index >= 15 is 0 Å². The molecule has 0 aliphatic carbocycles. The summed E-state index contributed by atoms with van der Waals surface area (Å²) in [6.07, 6.45) is 0. The van der Waals surface area contributed by atoms with Crippen LogP contribution in [0.15, 0.2) is 47.0 Å². The predicted molar refractivity (Wildman–Crippen MR) is 89.5 cm³/mol. The molecule has 0 saturated heterocycles. The van der Waals surface area contributed by atoms with E-state index in [0.29, 0.717) is 17.0 Å². The summed E-state index contributed by atoms with van der Waals surface area (Å²) in [6.45, 7) is 5.71. The lowest BCUT2D eigenvalue weighted by atomic mass is 10.1. The summed E-state index contributed by atoms with van der Waals surface area (Å²) >= 11 is 0. The lowest BCUT2D eigenvalue weighted by Crippen LogP contribution is -2.08. The van der Waals surface area contributed by atoms with E-state index in [2.05, 4.69) is 10.1 Å². The van der Waals surface area contributed by atoms with Crippen molar-refractivity contribution in [3.05, 3.63) is 70.7 Å². The molecule has 0 aliphatic rings. The first-order chi connectivity index (χ1) is 11.5. The summed E-state index contributed by atoms with van der Waals surface area (Å²) in [5.41, 5.74) is 4.80. The maximum Gasteiger partial charge on any atom is 0.340 e. The van der Waals surface area contributed by atoms with E-state index in [1.165, 1.54) is 0 Å². The molecule has 3 rings (SSSR count). The molecule has 0 atom stereocenters. The molecular formula is C19H18N2O3. The molecule has 24 heavy (non-hydrogen) atoms. The average Bonchev–Trinajstić information content (AvgIpc) is 3.01. The zero-order valence-corrected chi connectivity index (χ0v) is 13.9. The highest BCUT2D eigenvalue weighted by molar-refractivity contribution is 5.90. The van der Waals surface area contributed by atoms with Crippen molar-refractivity contribution in [3.8, 4) is 11.3 Å². The van der Waals surface area contributed by atoms with Crippen molar-refractivity contribution in [2.45, 2.75) is 27.4 Å². The fourth-order valence-electron chi connectivity index (χ4n) is 2.44. The van der Waals surface area contributed by atoms with Gasteiger partial charge in [0.15, 0.2) is 12.4 Å². The van der Waals surface area contributed by atoms with Gasteiger partial charge >= 0.3 is 5.97 Å². The molecule has 0 fully saturated rings. The number of hydrogen-bond acceptors (Lipinski definition) is 5. The second-order valence-corrected chi connectivity index (χ2v) is 5.71. The Balaban J connectivity index is 1.68. The lowest BCUT2D eigenvalue weighted by Gasteiger charge is -2.05. The lowest BCUT2D eigenvalue weighted by molar-refractivity contribution is 0.0436. The van der Waals surface area contributed by atoms with E-state index < -0.39 is 5.97 Å². The number of ether oxygens (including phenoxy) is 1. The Morgan fingerprint density at radius 1 is 1.12 bits per heavy atom. The third-order valence-corrected chi connectivity index (χ3v) is 3.66. The second-order valence-electron chi connectivity index (χ2n) is 5.71. The Morgan fingerprint density at radius 2 is 1.96 bits per heavy atom. The molecule has 0 unspecified atom stereocenters. The molecule has 0 radical (unpaired) electrons. The molecule has 0 N–H and O–H groups in total. The molecule has 2 heterocycles. The summed E-state index contributed by atoms with van der Waals surface area (Å²) in [5.74, 6) is 0.0751. The number of aryl methyl sites for hydroxylation is 3. The van der Waals surface area contributed by atoms with Crippen LogP contribution < -0.4 is 0 Å². The summed E-state index contributed by atoms with van der Waals surface area (Å²) in [6, 6.07) is 13.3. The molecule has 0 aliphatic heterocycles. The van der Waals surface area contributed by atoms with Gasteiger partial charge in [-0.3, -0.25) is 4.98 Å². The van der Waals surface area contributed by atoms with Gasteiger partial charge in [0.1, 0.15) is 5.69 Å². The minimum Gasteiger partial charge on any atom is -0.454 e. The molecule has 1 aromatic carbocycles. The summed E-state index contributed by atoms with van der Waals surface area (Å²) in [4.78, 5) is 16.4. The van der Waals surface area contributed by atoms with Crippen LogP contribution in [0.5, 0.6) is 0 Å². The molecule has 3 aromatic rings. The molecule has 5 nitrogen and oxygen atoms in total. The van der Waals surface area contributed by atoms with Crippen LogP contribution in [0, 0.1) is 20.8 Å². The zero-order chi connectivity index (χ0) is 17.1. The van der Waals surface area contributed by atoms with Gasteiger partial charge in [-0.15, -0.1) is 0 Å². The summed E-state index contributed by atoms with van der Waals surface area (Å²) in [7, 11) is 0. The quantitative estimate of drug-likeness (QED) is 0.679. The molecule has 0 spiro atoms. The van der Waals surface area contributed by atoms with E-state index in [1.807, 2.05) is 38.1 Å². The van der Waals surface area contributed by atoms with Crippen molar-refractivity contribution in [3.63, 3.8) is 0 Å². The van der Waals surface area contributed by atoms with E-state index in [9.17, 15) is 4.79 Å². The highest BCUT2D eigenvalue weighted by atomic mass is 16.5. The molecule has 2 aromatic heterocycles. The third kappa shape index (κ3) is 3.51. The molecule has 0 saturated carbocycles. The van der Waals surface area contributed by atoms with Crippen LogP contribution in [0.2, 0.25) is 0 Å². The number of pyridine rings is 1. The number of aromatic nitrogens is 2. The normalized spacial score (nSPS) is 10.6. The number of carbonyl (C=O) groups excluding carboxylic acids is 1. The Morgan fingerprint density at radius 3 is 2.71 bits per heavy atom. The monoisotopic (exact) mass is 322 g/mol. The number of benzene rings is 1. The molecule has 122 valence electrons. The minimum atomic E-state index is -0.423. The Hall–Kier alpha value is -2.95. The predicted octanol–water partition coefficient (Wildman–Crippen LogP) is 4.02. The Labute approximate surface area is 140 Å². The van der Waals surface area contributed by atoms with Crippen molar-refractivity contribution in [2.75, 3.05) is 0 Å². The number of hydrogen-bond donors (Lipinski definition) is 0. The van der Waals surface area contributed by atoms with E-state index in [4.69, 9.17) is 9.26 Å². The summed E-state index contributed by atoms with van der Waals surface area (Å²) in [5, 5.41) is 4.03. The number of esters is 1. The molecule has 5 heteroatoms. The smallest absolute Gasteiger partial charge is 0.340 e. The van der Waals surface area contributed by atoms with E-state index in [1.54, 1.807) is 25.1 Å². The molecule has 0 amide bonds. The second kappa shape index (κ2) is 6.66. The maximum atomic E-state index is 12.1. The van der Waals surface area contributed by atoms with Gasteiger partial charge in [-0.05, 0) is 39.0 Å². The van der Waals surface area contributed by atoms with Crippen LogP contribution in [0.1, 0.15) is 33.1 Å². The number of nitrogens with zero attached hydrogens (tertiary/aromatic N) is 2. The average molecular weight is 322 g/mol. The van der Waals surface area contributed by atoms with Crippen LogP contribution in [-0.2, 0) is 11.3 Å². The first-order valence-electron chi connectivity index (χ1n) is 7.67. The zero-order valence-electron chi connectivity index (χ0n) is 13.9. The minimum absolute atomic E-state index is 0.0327. The standard InChI is InChI=1S/C19H18N2O3/c1-12-5-4-6-15(9-12)18-10-16(24-21-18)11-23-19(22)17-8-7-13(2)20-14(17)3/h4-10H,11H2,1-3H3. The van der Waals surface area contributed by atoms with Gasteiger partial charge in [0.05, 0.1) is 11.3 Å². The maximum absolute atomic E-state index is 12.1. The van der Waals surface area contributed by atoms with Crippen molar-refractivity contribution in [1.29, 1.82) is 0 Å². The SMILES string of the molecule is Cc1cccc(-c2cc(COC(=O)c3ccc(C)nc3C)on2)c1. The van der Waals surface area contributed by atoms with Crippen molar-refractivity contribution in [1.82, 2.24) is 10.1 Å². The molecular weight excluding hydrogens is 304 g/mol. The third-order valence-electron chi connectivity index (χ3n) is 3.66. The largest absolute Gasteiger partial charge is 0.454 e. The van der Waals surface area contributed by atoms with Gasteiger partial charge in [0, 0.05) is 17.3 Å². The van der Waals surface area contributed by atoms with Gasteiger partial charge in [-0.25, -0.2) is 4.79 Å². The fourth-order valence-corrected chi connectivity index (χ4v) is 2.44. The Kier molecular flexibility index (Phi) is 4.42. The van der Waals surface area contributed by atoms with Gasteiger partial charge in [0.2, 0.25) is 0 Å². The van der Waals surface area contributed by atoms with Crippen LogP contribution >= 0.6 is 0 Å². The number of rotatable bonds is 4. The molecule has 0 bridgehead atoms. The van der Waals surface area contributed by atoms with E-state index in [-0.39, 0.29) is 6.61 Å². The van der Waals surface area contributed by atoms with Crippen LogP contribution in [-0.4, -0.2) is 16.1 Å². The van der Waals surface area contributed by atoms with Crippen LogP contribution in [0.3, 0.4) is 0 Å². The first kappa shape index (κ1) is 15.9. The highest BCUT2D eigenvalue weighted by Gasteiger charge is 2.14. The topological polar surface area (TPSA) is 65.2 Å². The van der Waals surface area contributed by atoms with Crippen LogP contribution in [0.4, 0.5) is 0 Å². The van der Waals surface area contributed by atoms with Gasteiger partial charge in [-0.2, -0.15) is 0 Å². The highest BCUT2D eigenvalue weighted by Crippen LogP contribution is 2.20. The van der Waals surface area contributed by atoms with Gasteiger partial charge in [0.25, 0.3) is 0 Å². The first-order valence-corrected chi connectivity index (χ1v) is 7.67. The van der Waals surface area contributed by atoms with Crippen molar-refractivity contribution in [2.24, 2.45) is 0 Å². The van der Waals surface area contributed by atoms with Crippen molar-refractivity contribution < 1.29 is 14.1 Å². The van der Waals surface area contributed by atoms with Crippen LogP contribution in [0.25, 0.3) is 11.3 Å². The number of carbonyl (C=O) groups is 1. The summed E-state index contributed by atoms with van der Waals surface area (Å²) < 4.78 is 10.5. The van der Waals surface area contributed by atoms with Gasteiger partial charge < -0.3 is 9.26 Å². The fraction of sp³-hybridized carbons (Fsp3) is 0.211. The van der Waals surface area contributed by atoms with Crippen molar-refractivity contribution >= 4 is 5.97 Å². The van der Waals surface area contributed by atoms with E-state index in [0.717, 1.165) is 22.5 Å². The Bertz CT molecular complexity index is 884.